The molecule has 0 fully saturated rings. The Hall–Kier alpha value is -1.88. The molecule has 0 aliphatic carbocycles. The van der Waals surface area contributed by atoms with Gasteiger partial charge in [-0.15, -0.1) is 0 Å². The molecule has 2 aromatic rings. The Morgan fingerprint density at radius 3 is 2.17 bits per heavy atom. The van der Waals surface area contributed by atoms with E-state index in [9.17, 15) is 18.3 Å². The molecule has 94 valence electrons. The van der Waals surface area contributed by atoms with Gasteiger partial charge in [0.15, 0.2) is 0 Å². The third kappa shape index (κ3) is 2.09. The minimum atomic E-state index is -1.97. The van der Waals surface area contributed by atoms with Crippen molar-refractivity contribution < 1.29 is 18.3 Å². The molecular formula is C13H10F3NO. The number of pyridine rings is 1. The zero-order chi connectivity index (χ0) is 13.3. The van der Waals surface area contributed by atoms with Gasteiger partial charge in [0, 0.05) is 0 Å². The number of aromatic nitrogens is 1. The van der Waals surface area contributed by atoms with E-state index in [1.54, 1.807) is 0 Å². The molecule has 2 rings (SSSR count). The van der Waals surface area contributed by atoms with Crippen molar-refractivity contribution in [3.8, 4) is 0 Å². The van der Waals surface area contributed by atoms with Crippen LogP contribution in [0.1, 0.15) is 18.2 Å². The molecule has 0 bridgehead atoms. The smallest absolute Gasteiger partial charge is 0.141 e. The van der Waals surface area contributed by atoms with E-state index < -0.39 is 28.6 Å². The third-order valence-electron chi connectivity index (χ3n) is 2.68. The van der Waals surface area contributed by atoms with Crippen LogP contribution in [-0.2, 0) is 5.60 Å². The highest BCUT2D eigenvalue weighted by atomic mass is 19.1. The molecule has 5 heteroatoms. The van der Waals surface area contributed by atoms with Crippen molar-refractivity contribution in [1.29, 1.82) is 0 Å². The molecule has 1 heterocycles. The summed E-state index contributed by atoms with van der Waals surface area (Å²) in [5, 5.41) is 10.2. The largest absolute Gasteiger partial charge is 0.379 e. The summed E-state index contributed by atoms with van der Waals surface area (Å²) < 4.78 is 40.0. The lowest BCUT2D eigenvalue weighted by Gasteiger charge is -2.24. The summed E-state index contributed by atoms with van der Waals surface area (Å²) in [7, 11) is 0. The number of benzene rings is 1. The molecule has 1 aromatic heterocycles. The summed E-state index contributed by atoms with van der Waals surface area (Å²) in [5.74, 6) is -2.36. The van der Waals surface area contributed by atoms with Crippen LogP contribution in [0.5, 0.6) is 0 Å². The predicted octanol–water partition coefficient (Wildman–Crippen LogP) is 2.75. The van der Waals surface area contributed by atoms with E-state index in [-0.39, 0.29) is 5.69 Å². The van der Waals surface area contributed by atoms with Crippen LogP contribution >= 0.6 is 0 Å². The molecule has 1 unspecified atom stereocenters. The molecule has 0 radical (unpaired) electrons. The van der Waals surface area contributed by atoms with Crippen molar-refractivity contribution in [1.82, 2.24) is 4.98 Å². The first-order valence-electron chi connectivity index (χ1n) is 5.22. The predicted molar refractivity (Wildman–Crippen MR) is 59.2 cm³/mol. The van der Waals surface area contributed by atoms with Gasteiger partial charge in [-0.2, -0.15) is 0 Å². The second-order valence-electron chi connectivity index (χ2n) is 4.03. The van der Waals surface area contributed by atoms with E-state index in [1.165, 1.54) is 19.1 Å². The molecule has 1 N–H and O–H groups in total. The van der Waals surface area contributed by atoms with E-state index >= 15 is 0 Å². The average Bonchev–Trinajstić information content (AvgIpc) is 2.29. The molecular weight excluding hydrogens is 243 g/mol. The SMILES string of the molecule is CC(O)(c1ccc(F)cn1)c1c(F)cccc1F. The Bertz CT molecular complexity index is 547. The van der Waals surface area contributed by atoms with Gasteiger partial charge in [-0.05, 0) is 31.2 Å². The Kier molecular flexibility index (Phi) is 3.09. The van der Waals surface area contributed by atoms with Crippen molar-refractivity contribution in [2.45, 2.75) is 12.5 Å². The first kappa shape index (κ1) is 12.6. The minimum absolute atomic E-state index is 0.0344. The van der Waals surface area contributed by atoms with Crippen LogP contribution in [0.2, 0.25) is 0 Å². The third-order valence-corrected chi connectivity index (χ3v) is 2.68. The van der Waals surface area contributed by atoms with Gasteiger partial charge < -0.3 is 5.11 Å². The standard InChI is InChI=1S/C13H10F3NO/c1-13(18,11-6-5-8(14)7-17-11)12-9(15)3-2-4-10(12)16/h2-7,18H,1H3. The van der Waals surface area contributed by atoms with E-state index in [2.05, 4.69) is 4.98 Å². The lowest BCUT2D eigenvalue weighted by molar-refractivity contribution is 0.0886. The topological polar surface area (TPSA) is 33.1 Å². The molecule has 0 saturated heterocycles. The Morgan fingerprint density at radius 2 is 1.67 bits per heavy atom. The molecule has 0 saturated carbocycles. The van der Waals surface area contributed by atoms with Gasteiger partial charge in [0.05, 0.1) is 17.5 Å². The zero-order valence-electron chi connectivity index (χ0n) is 9.49. The fourth-order valence-corrected chi connectivity index (χ4v) is 1.75. The Morgan fingerprint density at radius 1 is 1.06 bits per heavy atom. The first-order chi connectivity index (χ1) is 8.43. The normalized spacial score (nSPS) is 14.3. The van der Waals surface area contributed by atoms with Crippen molar-refractivity contribution >= 4 is 0 Å². The first-order valence-corrected chi connectivity index (χ1v) is 5.22. The summed E-state index contributed by atoms with van der Waals surface area (Å²) in [6.07, 6.45) is 0.878. The molecule has 0 aliphatic rings. The van der Waals surface area contributed by atoms with Crippen LogP contribution in [0.25, 0.3) is 0 Å². The van der Waals surface area contributed by atoms with Gasteiger partial charge in [0.25, 0.3) is 0 Å². The summed E-state index contributed by atoms with van der Waals surface area (Å²) in [4.78, 5) is 3.65. The quantitative estimate of drug-likeness (QED) is 0.892. The van der Waals surface area contributed by atoms with Crippen LogP contribution in [0.15, 0.2) is 36.5 Å². The second-order valence-corrected chi connectivity index (χ2v) is 4.03. The number of hydrogen-bond acceptors (Lipinski definition) is 2. The van der Waals surface area contributed by atoms with Crippen LogP contribution in [-0.4, -0.2) is 10.1 Å². The highest BCUT2D eigenvalue weighted by Crippen LogP contribution is 2.31. The fraction of sp³-hybridized carbons (Fsp3) is 0.154. The van der Waals surface area contributed by atoms with E-state index in [1.807, 2.05) is 0 Å². The molecule has 0 amide bonds. The Balaban J connectivity index is 2.57. The van der Waals surface area contributed by atoms with E-state index in [0.29, 0.717) is 0 Å². The fourth-order valence-electron chi connectivity index (χ4n) is 1.75. The molecule has 0 spiro atoms. The lowest BCUT2D eigenvalue weighted by atomic mass is 9.91. The summed E-state index contributed by atoms with van der Waals surface area (Å²) >= 11 is 0. The van der Waals surface area contributed by atoms with Gasteiger partial charge >= 0.3 is 0 Å². The van der Waals surface area contributed by atoms with Gasteiger partial charge in [0.2, 0.25) is 0 Å². The Labute approximate surface area is 102 Å². The van der Waals surface area contributed by atoms with Gasteiger partial charge in [-0.1, -0.05) is 6.07 Å². The summed E-state index contributed by atoms with van der Waals surface area (Å²) in [6, 6.07) is 5.52. The summed E-state index contributed by atoms with van der Waals surface area (Å²) in [5.41, 5.74) is -2.51. The maximum Gasteiger partial charge on any atom is 0.141 e. The molecule has 0 aliphatic heterocycles. The lowest BCUT2D eigenvalue weighted by Crippen LogP contribution is -2.27. The van der Waals surface area contributed by atoms with Crippen LogP contribution in [0.3, 0.4) is 0 Å². The minimum Gasteiger partial charge on any atom is -0.379 e. The average molecular weight is 253 g/mol. The van der Waals surface area contributed by atoms with Crippen LogP contribution < -0.4 is 0 Å². The molecule has 1 atom stereocenters. The van der Waals surface area contributed by atoms with Crippen molar-refractivity contribution in [3.63, 3.8) is 0 Å². The maximum absolute atomic E-state index is 13.6. The zero-order valence-corrected chi connectivity index (χ0v) is 9.49. The van der Waals surface area contributed by atoms with E-state index in [4.69, 9.17) is 0 Å². The van der Waals surface area contributed by atoms with Gasteiger partial charge in [-0.3, -0.25) is 4.98 Å². The molecule has 18 heavy (non-hydrogen) atoms. The van der Waals surface area contributed by atoms with Crippen molar-refractivity contribution in [2.75, 3.05) is 0 Å². The number of hydrogen-bond donors (Lipinski definition) is 1. The maximum atomic E-state index is 13.6. The second kappa shape index (κ2) is 4.42. The van der Waals surface area contributed by atoms with Gasteiger partial charge in [0.1, 0.15) is 23.1 Å². The number of aliphatic hydroxyl groups is 1. The number of halogens is 3. The number of nitrogens with zero attached hydrogens (tertiary/aromatic N) is 1. The van der Waals surface area contributed by atoms with Crippen molar-refractivity contribution in [2.24, 2.45) is 0 Å². The summed E-state index contributed by atoms with van der Waals surface area (Å²) in [6.45, 7) is 1.20. The highest BCUT2D eigenvalue weighted by molar-refractivity contribution is 5.33. The van der Waals surface area contributed by atoms with Crippen LogP contribution in [0, 0.1) is 17.5 Å². The van der Waals surface area contributed by atoms with Crippen LogP contribution in [0.4, 0.5) is 13.2 Å². The molecule has 2 nitrogen and oxygen atoms in total. The molecule has 1 aromatic carbocycles. The number of rotatable bonds is 2. The van der Waals surface area contributed by atoms with Crippen molar-refractivity contribution in [3.05, 3.63) is 65.2 Å². The monoisotopic (exact) mass is 253 g/mol. The van der Waals surface area contributed by atoms with Gasteiger partial charge in [-0.25, -0.2) is 13.2 Å². The highest BCUT2D eigenvalue weighted by Gasteiger charge is 2.33. The van der Waals surface area contributed by atoms with E-state index in [0.717, 1.165) is 24.4 Å².